The van der Waals surface area contributed by atoms with Crippen LogP contribution in [0.5, 0.6) is 0 Å². The van der Waals surface area contributed by atoms with Gasteiger partial charge in [0.2, 0.25) is 0 Å². The molecule has 0 atom stereocenters. The van der Waals surface area contributed by atoms with E-state index in [1.165, 1.54) is 48.0 Å². The molecule has 7 rings (SSSR count). The topological polar surface area (TPSA) is 3.24 Å². The maximum absolute atomic E-state index is 4.50. The van der Waals surface area contributed by atoms with Crippen LogP contribution in [0.4, 0.5) is 11.4 Å². The lowest BCUT2D eigenvalue weighted by atomic mass is 9.93. The van der Waals surface area contributed by atoms with Gasteiger partial charge in [-0.25, -0.2) is 0 Å². The Balaban J connectivity index is 1.48. The van der Waals surface area contributed by atoms with E-state index in [0.717, 1.165) is 29.8 Å². The average Bonchev–Trinajstić information content (AvgIpc) is 3.35. The molecule has 2 aliphatic rings. The second-order valence-corrected chi connectivity index (χ2v) is 10.9. The van der Waals surface area contributed by atoms with Gasteiger partial charge in [-0.3, -0.25) is 0 Å². The number of hydrogen-bond acceptors (Lipinski definition) is 2. The number of rotatable bonds is 3. The fourth-order valence-corrected chi connectivity index (χ4v) is 6.84. The monoisotopic (exact) mass is 505 g/mol. The lowest BCUT2D eigenvalue weighted by Gasteiger charge is -2.27. The third-order valence-electron chi connectivity index (χ3n) is 7.44. The first kappa shape index (κ1) is 22.8. The molecule has 4 aromatic carbocycles. The summed E-state index contributed by atoms with van der Waals surface area (Å²) in [5.41, 5.74) is 9.65. The zero-order chi connectivity index (χ0) is 25.5. The molecule has 182 valence electrons. The van der Waals surface area contributed by atoms with Crippen molar-refractivity contribution in [3.8, 4) is 11.1 Å². The number of benzene rings is 4. The average molecular weight is 506 g/mol. The molecular weight excluding hydrogens is 478 g/mol. The Morgan fingerprint density at radius 2 is 1.58 bits per heavy atom. The molecule has 5 aromatic rings. The minimum atomic E-state index is 1.03. The minimum absolute atomic E-state index is 1.03. The van der Waals surface area contributed by atoms with E-state index < -0.39 is 0 Å². The standard InChI is InChI=1S/C36H27NS/c1-25-12-10-11-21-37(33-20-19-32-31-17-8-9-18-34(31)38-36(32)35(25)33)30-23-28(26-13-4-2-5-14-26)22-29(24-30)27-15-6-3-7-16-27/h2-6,8-15,17-24H,1,7,16H2/b12-10-,21-11-. The van der Waals surface area contributed by atoms with Crippen LogP contribution in [-0.4, -0.2) is 0 Å². The van der Waals surface area contributed by atoms with Gasteiger partial charge in [0.05, 0.1) is 5.69 Å². The second-order valence-electron chi connectivity index (χ2n) is 9.82. The van der Waals surface area contributed by atoms with Crippen LogP contribution in [0.1, 0.15) is 24.0 Å². The summed E-state index contributed by atoms with van der Waals surface area (Å²) in [6, 6.07) is 30.9. The molecule has 0 unspecified atom stereocenters. The number of nitrogens with zero attached hydrogens (tertiary/aromatic N) is 1. The lowest BCUT2D eigenvalue weighted by Crippen LogP contribution is -2.12. The molecule has 0 N–H and O–H groups in total. The lowest BCUT2D eigenvalue weighted by molar-refractivity contribution is 1.05. The number of thiophene rings is 1. The normalized spacial score (nSPS) is 16.7. The van der Waals surface area contributed by atoms with Gasteiger partial charge in [-0.15, -0.1) is 11.3 Å². The number of hydrogen-bond donors (Lipinski definition) is 0. The van der Waals surface area contributed by atoms with E-state index in [1.807, 2.05) is 11.3 Å². The first-order valence-electron chi connectivity index (χ1n) is 13.1. The van der Waals surface area contributed by atoms with Gasteiger partial charge in [-0.1, -0.05) is 91.6 Å². The molecule has 1 aromatic heterocycles. The van der Waals surface area contributed by atoms with Gasteiger partial charge >= 0.3 is 0 Å². The SMILES string of the molecule is C=C1/C=C\C=C/N(c2cc(C3=CC=CCC3)cc(-c3ccccc3)c2)c2ccc3c(sc4ccccc43)c21. The summed E-state index contributed by atoms with van der Waals surface area (Å²) in [4.78, 5) is 2.34. The zero-order valence-electron chi connectivity index (χ0n) is 21.1. The quantitative estimate of drug-likeness (QED) is 0.236. The van der Waals surface area contributed by atoms with Crippen LogP contribution in [0.15, 0.2) is 134 Å². The smallest absolute Gasteiger partial charge is 0.0548 e. The van der Waals surface area contributed by atoms with E-state index in [-0.39, 0.29) is 0 Å². The van der Waals surface area contributed by atoms with Crippen molar-refractivity contribution in [1.29, 1.82) is 0 Å². The summed E-state index contributed by atoms with van der Waals surface area (Å²) in [7, 11) is 0. The Bertz CT molecular complexity index is 1830. The molecule has 0 radical (unpaired) electrons. The van der Waals surface area contributed by atoms with E-state index in [0.29, 0.717) is 0 Å². The third kappa shape index (κ3) is 3.95. The van der Waals surface area contributed by atoms with Crippen molar-refractivity contribution in [2.45, 2.75) is 12.8 Å². The van der Waals surface area contributed by atoms with Crippen molar-refractivity contribution in [2.24, 2.45) is 0 Å². The summed E-state index contributed by atoms with van der Waals surface area (Å²) >= 11 is 1.86. The molecule has 0 saturated heterocycles. The van der Waals surface area contributed by atoms with E-state index in [4.69, 9.17) is 0 Å². The summed E-state index contributed by atoms with van der Waals surface area (Å²) < 4.78 is 2.60. The van der Waals surface area contributed by atoms with Gasteiger partial charge in [0, 0.05) is 37.6 Å². The maximum atomic E-state index is 4.50. The van der Waals surface area contributed by atoms with Gasteiger partial charge in [0.25, 0.3) is 0 Å². The highest BCUT2D eigenvalue weighted by atomic mass is 32.1. The van der Waals surface area contributed by atoms with Crippen LogP contribution < -0.4 is 4.90 Å². The Labute approximate surface area is 227 Å². The highest BCUT2D eigenvalue weighted by molar-refractivity contribution is 7.26. The van der Waals surface area contributed by atoms with Crippen molar-refractivity contribution in [3.63, 3.8) is 0 Å². The highest BCUT2D eigenvalue weighted by Crippen LogP contribution is 2.45. The molecule has 0 spiro atoms. The van der Waals surface area contributed by atoms with Crippen LogP contribution in [0.2, 0.25) is 0 Å². The van der Waals surface area contributed by atoms with Gasteiger partial charge in [0.15, 0.2) is 0 Å². The van der Waals surface area contributed by atoms with Gasteiger partial charge in [-0.05, 0) is 77.1 Å². The summed E-state index contributed by atoms with van der Waals surface area (Å²) in [6.07, 6.45) is 17.4. The van der Waals surface area contributed by atoms with Crippen LogP contribution in [0.3, 0.4) is 0 Å². The van der Waals surface area contributed by atoms with Crippen LogP contribution >= 0.6 is 11.3 Å². The highest BCUT2D eigenvalue weighted by Gasteiger charge is 2.21. The van der Waals surface area contributed by atoms with Gasteiger partial charge < -0.3 is 4.90 Å². The van der Waals surface area contributed by atoms with Crippen LogP contribution in [-0.2, 0) is 0 Å². The van der Waals surface area contributed by atoms with E-state index in [9.17, 15) is 0 Å². The minimum Gasteiger partial charge on any atom is -0.316 e. The number of anilines is 2. The molecule has 2 heterocycles. The summed E-state index contributed by atoms with van der Waals surface area (Å²) in [6.45, 7) is 4.50. The Morgan fingerprint density at radius 3 is 2.45 bits per heavy atom. The molecule has 0 fully saturated rings. The fourth-order valence-electron chi connectivity index (χ4n) is 5.56. The van der Waals surface area contributed by atoms with E-state index in [1.54, 1.807) is 0 Å². The molecule has 1 nitrogen and oxygen atoms in total. The van der Waals surface area contributed by atoms with Crippen molar-refractivity contribution < 1.29 is 0 Å². The first-order chi connectivity index (χ1) is 18.8. The number of allylic oxidation sites excluding steroid dienone is 8. The van der Waals surface area contributed by atoms with Crippen molar-refractivity contribution >= 4 is 54.0 Å². The molecule has 0 amide bonds. The molecule has 0 saturated carbocycles. The van der Waals surface area contributed by atoms with Crippen molar-refractivity contribution in [2.75, 3.05) is 4.90 Å². The summed E-state index contributed by atoms with van der Waals surface area (Å²) in [5, 5.41) is 2.60. The largest absolute Gasteiger partial charge is 0.316 e. The molecule has 0 bridgehead atoms. The van der Waals surface area contributed by atoms with Gasteiger partial charge in [-0.2, -0.15) is 0 Å². The first-order valence-corrected chi connectivity index (χ1v) is 13.9. The van der Waals surface area contributed by atoms with E-state index in [2.05, 4.69) is 139 Å². The van der Waals surface area contributed by atoms with Crippen LogP contribution in [0.25, 0.3) is 42.4 Å². The van der Waals surface area contributed by atoms with E-state index >= 15 is 0 Å². The molecule has 1 aliphatic heterocycles. The Kier molecular flexibility index (Phi) is 5.68. The van der Waals surface area contributed by atoms with Crippen LogP contribution in [0, 0.1) is 0 Å². The molecular formula is C36H27NS. The van der Waals surface area contributed by atoms with Crippen molar-refractivity contribution in [3.05, 3.63) is 145 Å². The summed E-state index contributed by atoms with van der Waals surface area (Å²) in [5.74, 6) is 0. The van der Waals surface area contributed by atoms with Crippen molar-refractivity contribution in [1.82, 2.24) is 0 Å². The zero-order valence-corrected chi connectivity index (χ0v) is 21.9. The second kappa shape index (κ2) is 9.48. The molecule has 38 heavy (non-hydrogen) atoms. The Morgan fingerprint density at radius 1 is 0.737 bits per heavy atom. The Hall–Kier alpha value is -4.40. The maximum Gasteiger partial charge on any atom is 0.0548 e. The third-order valence-corrected chi connectivity index (χ3v) is 8.64. The predicted octanol–water partition coefficient (Wildman–Crippen LogP) is 10.7. The molecule has 2 heteroatoms. The fraction of sp³-hybridized carbons (Fsp3) is 0.0556. The number of fused-ring (bicyclic) bond motifs is 5. The predicted molar refractivity (Wildman–Crippen MR) is 167 cm³/mol. The van der Waals surface area contributed by atoms with Gasteiger partial charge in [0.1, 0.15) is 0 Å². The molecule has 1 aliphatic carbocycles.